The summed E-state index contributed by atoms with van der Waals surface area (Å²) < 4.78 is 24.7. The van der Waals surface area contributed by atoms with E-state index in [0.717, 1.165) is 43.4 Å². The summed E-state index contributed by atoms with van der Waals surface area (Å²) >= 11 is 0. The van der Waals surface area contributed by atoms with Crippen molar-refractivity contribution in [3.05, 3.63) is 47.9 Å². The molecule has 7 nitrogen and oxygen atoms in total. The number of hydrogen-bond donors (Lipinski definition) is 2. The van der Waals surface area contributed by atoms with E-state index in [2.05, 4.69) is 20.6 Å². The number of benzene rings is 1. The smallest absolute Gasteiger partial charge is 0.231 e. The van der Waals surface area contributed by atoms with Crippen molar-refractivity contribution in [3.8, 4) is 11.5 Å². The van der Waals surface area contributed by atoms with Gasteiger partial charge in [-0.3, -0.25) is 4.99 Å². The third-order valence-electron chi connectivity index (χ3n) is 4.93. The molecule has 0 aliphatic carbocycles. The Labute approximate surface area is 163 Å². The SMILES string of the molecule is CN=C(NCCc1ccc2c(c1)OCO2)NC1CCN(c2ncccc2F)C1. The predicted octanol–water partition coefficient (Wildman–Crippen LogP) is 1.94. The Morgan fingerprint density at radius 1 is 1.32 bits per heavy atom. The lowest BCUT2D eigenvalue weighted by Crippen LogP contribution is -2.45. The van der Waals surface area contributed by atoms with Crippen LogP contribution >= 0.6 is 0 Å². The molecule has 0 saturated carbocycles. The normalized spacial score (nSPS) is 18.4. The minimum atomic E-state index is -0.283. The van der Waals surface area contributed by atoms with Crippen LogP contribution in [0.2, 0.25) is 0 Å². The molecular formula is C20H24FN5O2. The number of pyridine rings is 1. The number of halogens is 1. The van der Waals surface area contributed by atoms with Gasteiger partial charge in [0.2, 0.25) is 6.79 Å². The van der Waals surface area contributed by atoms with Crippen molar-refractivity contribution >= 4 is 11.8 Å². The van der Waals surface area contributed by atoms with Crippen molar-refractivity contribution in [1.82, 2.24) is 15.6 Å². The molecule has 148 valence electrons. The standard InChI is InChI=1S/C20H24FN5O2/c1-22-20(24-9-6-14-4-5-17-18(11-14)28-13-27-17)25-15-7-10-26(12-15)19-16(21)3-2-8-23-19/h2-5,8,11,15H,6-7,9-10,12-13H2,1H3,(H2,22,24,25). The Balaban J connectivity index is 1.26. The zero-order chi connectivity index (χ0) is 19.3. The molecule has 1 unspecified atom stereocenters. The summed E-state index contributed by atoms with van der Waals surface area (Å²) in [4.78, 5) is 10.4. The zero-order valence-corrected chi connectivity index (χ0v) is 15.8. The minimum Gasteiger partial charge on any atom is -0.454 e. The number of hydrogen-bond acceptors (Lipinski definition) is 5. The Morgan fingerprint density at radius 3 is 3.07 bits per heavy atom. The van der Waals surface area contributed by atoms with Gasteiger partial charge in [0.25, 0.3) is 0 Å². The molecule has 4 rings (SSSR count). The van der Waals surface area contributed by atoms with Gasteiger partial charge in [-0.1, -0.05) is 6.07 Å². The van der Waals surface area contributed by atoms with E-state index in [4.69, 9.17) is 9.47 Å². The largest absolute Gasteiger partial charge is 0.454 e. The lowest BCUT2D eigenvalue weighted by atomic mass is 10.1. The molecule has 0 spiro atoms. The molecule has 8 heteroatoms. The van der Waals surface area contributed by atoms with Gasteiger partial charge in [0.05, 0.1) is 0 Å². The summed E-state index contributed by atoms with van der Waals surface area (Å²) in [5.74, 6) is 2.47. The molecule has 1 aromatic carbocycles. The fourth-order valence-corrected chi connectivity index (χ4v) is 3.49. The Morgan fingerprint density at radius 2 is 2.21 bits per heavy atom. The summed E-state index contributed by atoms with van der Waals surface area (Å²) in [6.07, 6.45) is 3.36. The number of nitrogens with zero attached hydrogens (tertiary/aromatic N) is 3. The van der Waals surface area contributed by atoms with Crippen LogP contribution in [0.5, 0.6) is 11.5 Å². The Bertz CT molecular complexity index is 860. The molecule has 2 aliphatic heterocycles. The number of aromatic nitrogens is 1. The van der Waals surface area contributed by atoms with Crippen LogP contribution in [0, 0.1) is 5.82 Å². The number of rotatable bonds is 5. The van der Waals surface area contributed by atoms with Gasteiger partial charge < -0.3 is 25.0 Å². The van der Waals surface area contributed by atoms with Gasteiger partial charge in [-0.2, -0.15) is 0 Å². The van der Waals surface area contributed by atoms with Crippen LogP contribution in [-0.2, 0) is 6.42 Å². The maximum atomic E-state index is 13.9. The fourth-order valence-electron chi connectivity index (χ4n) is 3.49. The first-order valence-electron chi connectivity index (χ1n) is 9.44. The van der Waals surface area contributed by atoms with Crippen molar-refractivity contribution in [2.24, 2.45) is 4.99 Å². The monoisotopic (exact) mass is 385 g/mol. The fraction of sp³-hybridized carbons (Fsp3) is 0.400. The van der Waals surface area contributed by atoms with E-state index in [0.29, 0.717) is 12.4 Å². The lowest BCUT2D eigenvalue weighted by Gasteiger charge is -2.20. The molecule has 2 aliphatic rings. The zero-order valence-electron chi connectivity index (χ0n) is 15.8. The first-order valence-corrected chi connectivity index (χ1v) is 9.44. The average Bonchev–Trinajstić information content (AvgIpc) is 3.36. The topological polar surface area (TPSA) is 71.0 Å². The summed E-state index contributed by atoms with van der Waals surface area (Å²) in [5.41, 5.74) is 1.17. The van der Waals surface area contributed by atoms with E-state index in [-0.39, 0.29) is 18.7 Å². The van der Waals surface area contributed by atoms with Crippen LogP contribution in [0.15, 0.2) is 41.5 Å². The molecule has 2 aromatic rings. The quantitative estimate of drug-likeness (QED) is 0.606. The third kappa shape index (κ3) is 4.11. The van der Waals surface area contributed by atoms with Gasteiger partial charge >= 0.3 is 0 Å². The molecule has 1 fully saturated rings. The van der Waals surface area contributed by atoms with Crippen molar-refractivity contribution in [2.75, 3.05) is 38.4 Å². The van der Waals surface area contributed by atoms with Crippen molar-refractivity contribution in [3.63, 3.8) is 0 Å². The third-order valence-corrected chi connectivity index (χ3v) is 4.93. The molecule has 1 aromatic heterocycles. The van der Waals surface area contributed by atoms with E-state index < -0.39 is 0 Å². The van der Waals surface area contributed by atoms with E-state index >= 15 is 0 Å². The summed E-state index contributed by atoms with van der Waals surface area (Å²) in [7, 11) is 1.75. The van der Waals surface area contributed by atoms with Crippen LogP contribution in [0.25, 0.3) is 0 Å². The summed E-state index contributed by atoms with van der Waals surface area (Å²) in [5, 5.41) is 6.75. The molecule has 2 N–H and O–H groups in total. The van der Waals surface area contributed by atoms with Gasteiger partial charge in [0, 0.05) is 38.9 Å². The predicted molar refractivity (Wildman–Crippen MR) is 106 cm³/mol. The van der Waals surface area contributed by atoms with Crippen LogP contribution in [-0.4, -0.2) is 50.5 Å². The molecular weight excluding hydrogens is 361 g/mol. The molecule has 0 bridgehead atoms. The van der Waals surface area contributed by atoms with Crippen molar-refractivity contribution in [2.45, 2.75) is 18.9 Å². The second kappa shape index (κ2) is 8.33. The van der Waals surface area contributed by atoms with Crippen molar-refractivity contribution < 1.29 is 13.9 Å². The van der Waals surface area contributed by atoms with Crippen LogP contribution in [0.3, 0.4) is 0 Å². The first kappa shape index (κ1) is 18.3. The van der Waals surface area contributed by atoms with Crippen LogP contribution in [0.4, 0.5) is 10.2 Å². The number of fused-ring (bicyclic) bond motifs is 1. The first-order chi connectivity index (χ1) is 13.7. The summed E-state index contributed by atoms with van der Waals surface area (Å²) in [6.45, 7) is 2.48. The van der Waals surface area contributed by atoms with Gasteiger partial charge in [0.15, 0.2) is 29.1 Å². The Kier molecular flexibility index (Phi) is 5.45. The van der Waals surface area contributed by atoms with Crippen LogP contribution < -0.4 is 25.0 Å². The molecule has 0 radical (unpaired) electrons. The highest BCUT2D eigenvalue weighted by Gasteiger charge is 2.25. The second-order valence-corrected chi connectivity index (χ2v) is 6.82. The van der Waals surface area contributed by atoms with Gasteiger partial charge in [-0.05, 0) is 42.7 Å². The molecule has 28 heavy (non-hydrogen) atoms. The number of nitrogens with one attached hydrogen (secondary N) is 2. The number of anilines is 1. The second-order valence-electron chi connectivity index (χ2n) is 6.82. The molecule has 0 amide bonds. The van der Waals surface area contributed by atoms with E-state index in [1.165, 1.54) is 11.6 Å². The van der Waals surface area contributed by atoms with Crippen LogP contribution in [0.1, 0.15) is 12.0 Å². The highest BCUT2D eigenvalue weighted by Crippen LogP contribution is 2.32. The number of guanidine groups is 1. The number of aliphatic imine (C=N–C) groups is 1. The average molecular weight is 385 g/mol. The van der Waals surface area contributed by atoms with Gasteiger partial charge in [-0.25, -0.2) is 9.37 Å². The molecule has 3 heterocycles. The molecule has 1 saturated heterocycles. The van der Waals surface area contributed by atoms with Gasteiger partial charge in [0.1, 0.15) is 0 Å². The van der Waals surface area contributed by atoms with Crippen molar-refractivity contribution in [1.29, 1.82) is 0 Å². The minimum absolute atomic E-state index is 0.193. The lowest BCUT2D eigenvalue weighted by molar-refractivity contribution is 0.174. The number of ether oxygens (including phenoxy) is 2. The molecule has 1 atom stereocenters. The van der Waals surface area contributed by atoms with Gasteiger partial charge in [-0.15, -0.1) is 0 Å². The highest BCUT2D eigenvalue weighted by molar-refractivity contribution is 5.80. The Hall–Kier alpha value is -3.03. The van der Waals surface area contributed by atoms with E-state index in [9.17, 15) is 4.39 Å². The highest BCUT2D eigenvalue weighted by atomic mass is 19.1. The maximum absolute atomic E-state index is 13.9. The van der Waals surface area contributed by atoms with E-state index in [1.54, 1.807) is 19.3 Å². The summed E-state index contributed by atoms with van der Waals surface area (Å²) in [6, 6.07) is 9.24. The van der Waals surface area contributed by atoms with E-state index in [1.807, 2.05) is 23.1 Å². The maximum Gasteiger partial charge on any atom is 0.231 e.